The van der Waals surface area contributed by atoms with Gasteiger partial charge in [0.25, 0.3) is 0 Å². The van der Waals surface area contributed by atoms with Crippen LogP contribution < -0.4 is 10.1 Å². The van der Waals surface area contributed by atoms with Crippen LogP contribution in [0.25, 0.3) is 11.0 Å². The van der Waals surface area contributed by atoms with Crippen LogP contribution in [-0.4, -0.2) is 40.3 Å². The highest BCUT2D eigenvalue weighted by Crippen LogP contribution is 2.28. The van der Waals surface area contributed by atoms with Gasteiger partial charge in [-0.2, -0.15) is 0 Å². The zero-order valence-electron chi connectivity index (χ0n) is 23.5. The van der Waals surface area contributed by atoms with Gasteiger partial charge in [-0.15, -0.1) is 0 Å². The highest BCUT2D eigenvalue weighted by Gasteiger charge is 2.24. The third-order valence-electron chi connectivity index (χ3n) is 7.26. The Morgan fingerprint density at radius 2 is 1.86 bits per heavy atom. The van der Waals surface area contributed by atoms with Crippen LogP contribution in [0.2, 0.25) is 5.02 Å². The van der Waals surface area contributed by atoms with Crippen LogP contribution in [0.15, 0.2) is 66.9 Å². The number of ether oxygens (including phenoxy) is 3. The number of esters is 1. The van der Waals surface area contributed by atoms with Crippen molar-refractivity contribution in [2.45, 2.75) is 32.1 Å². The van der Waals surface area contributed by atoms with E-state index in [9.17, 15) is 9.18 Å². The van der Waals surface area contributed by atoms with Crippen LogP contribution in [0.1, 0.15) is 33.9 Å². The number of anilines is 2. The Morgan fingerprint density at radius 1 is 1.05 bits per heavy atom. The number of carbonyl (C=O) groups excluding carboxylic acids is 1. The lowest BCUT2D eigenvalue weighted by Gasteiger charge is -2.27. The zero-order chi connectivity index (χ0) is 30.8. The third-order valence-corrected chi connectivity index (χ3v) is 7.50. The van der Waals surface area contributed by atoms with Crippen molar-refractivity contribution >= 4 is 40.0 Å². The highest BCUT2D eigenvalue weighted by molar-refractivity contribution is 6.30. The molecule has 5 aromatic rings. The average molecular weight is 623 g/mol. The Morgan fingerprint density at radius 3 is 2.59 bits per heavy atom. The molecule has 1 saturated heterocycles. The van der Waals surface area contributed by atoms with Gasteiger partial charge < -0.3 is 24.1 Å². The molecule has 44 heavy (non-hydrogen) atoms. The molecule has 0 unspecified atom stereocenters. The van der Waals surface area contributed by atoms with Gasteiger partial charge in [0.05, 0.1) is 36.5 Å². The minimum Gasteiger partial charge on any atom is -0.484 e. The van der Waals surface area contributed by atoms with E-state index >= 15 is 8.78 Å². The fraction of sp³-hybridized carbons (Fsp3) is 0.219. The number of nitrogens with zero attached hydrogens (tertiary/aromatic N) is 3. The Bertz CT molecular complexity index is 1860. The Kier molecular flexibility index (Phi) is 8.40. The first kappa shape index (κ1) is 29.5. The number of benzene rings is 3. The summed E-state index contributed by atoms with van der Waals surface area (Å²) in [6.07, 6.45) is 2.38. The lowest BCUT2D eigenvalue weighted by atomic mass is 10.1. The van der Waals surface area contributed by atoms with Gasteiger partial charge in [-0.1, -0.05) is 17.7 Å². The molecule has 1 N–H and O–H groups in total. The molecule has 1 aliphatic heterocycles. The number of hydrogen-bond donors (Lipinski definition) is 1. The fourth-order valence-electron chi connectivity index (χ4n) is 4.92. The molecule has 226 valence electrons. The van der Waals surface area contributed by atoms with Crippen molar-refractivity contribution in [3.8, 4) is 5.75 Å². The molecule has 2 aromatic heterocycles. The van der Waals surface area contributed by atoms with Gasteiger partial charge >= 0.3 is 5.97 Å². The number of halogens is 4. The number of carbonyl (C=O) groups is 1. The van der Waals surface area contributed by atoms with Gasteiger partial charge in [-0.3, -0.25) is 4.98 Å². The number of rotatable bonds is 10. The van der Waals surface area contributed by atoms with Gasteiger partial charge in [-0.05, 0) is 66.6 Å². The van der Waals surface area contributed by atoms with Crippen molar-refractivity contribution in [2.75, 3.05) is 19.0 Å². The number of pyridine rings is 1. The van der Waals surface area contributed by atoms with Crippen LogP contribution >= 0.6 is 11.6 Å². The van der Waals surface area contributed by atoms with Crippen LogP contribution in [-0.2, 0) is 29.0 Å². The molecular formula is C32H26ClF3N4O4. The van der Waals surface area contributed by atoms with Crippen molar-refractivity contribution in [2.24, 2.45) is 0 Å². The molecule has 0 amide bonds. The van der Waals surface area contributed by atoms with E-state index in [-0.39, 0.29) is 41.0 Å². The topological polar surface area (TPSA) is 87.5 Å². The van der Waals surface area contributed by atoms with Crippen molar-refractivity contribution in [3.63, 3.8) is 0 Å². The van der Waals surface area contributed by atoms with E-state index in [4.69, 9.17) is 25.8 Å². The number of fused-ring (bicyclic) bond motifs is 1. The summed E-state index contributed by atoms with van der Waals surface area (Å²) in [5.74, 6) is -1.92. The van der Waals surface area contributed by atoms with E-state index in [0.29, 0.717) is 47.1 Å². The van der Waals surface area contributed by atoms with E-state index in [0.717, 1.165) is 18.6 Å². The van der Waals surface area contributed by atoms with Crippen molar-refractivity contribution in [3.05, 3.63) is 112 Å². The monoisotopic (exact) mass is 622 g/mol. The van der Waals surface area contributed by atoms with E-state index in [2.05, 4.69) is 15.3 Å². The molecule has 0 saturated carbocycles. The molecule has 0 aliphatic carbocycles. The molecular weight excluding hydrogens is 597 g/mol. The van der Waals surface area contributed by atoms with Crippen LogP contribution in [0.4, 0.5) is 24.5 Å². The zero-order valence-corrected chi connectivity index (χ0v) is 24.2. The van der Waals surface area contributed by atoms with Crippen molar-refractivity contribution in [1.29, 1.82) is 0 Å². The van der Waals surface area contributed by atoms with E-state index in [1.165, 1.54) is 31.4 Å². The smallest absolute Gasteiger partial charge is 0.338 e. The highest BCUT2D eigenvalue weighted by atomic mass is 35.5. The number of hydrogen-bond acceptors (Lipinski definition) is 7. The number of methoxy groups -OCH3 is 1. The maximum atomic E-state index is 15.4. The molecule has 0 radical (unpaired) electrons. The quantitative estimate of drug-likeness (QED) is 0.168. The predicted octanol–water partition coefficient (Wildman–Crippen LogP) is 6.99. The summed E-state index contributed by atoms with van der Waals surface area (Å²) >= 11 is 5.79. The van der Waals surface area contributed by atoms with Gasteiger partial charge in [0.2, 0.25) is 0 Å². The van der Waals surface area contributed by atoms with E-state index in [1.54, 1.807) is 35.0 Å². The molecule has 3 heterocycles. The molecule has 3 aromatic carbocycles. The Labute approximate surface area is 255 Å². The maximum absolute atomic E-state index is 15.4. The Hall–Kier alpha value is -4.61. The van der Waals surface area contributed by atoms with Gasteiger partial charge in [-0.25, -0.2) is 22.9 Å². The molecule has 8 nitrogen and oxygen atoms in total. The fourth-order valence-corrected chi connectivity index (χ4v) is 5.08. The third kappa shape index (κ3) is 6.34. The van der Waals surface area contributed by atoms with E-state index in [1.807, 2.05) is 0 Å². The number of nitrogens with one attached hydrogen (secondary N) is 1. The summed E-state index contributed by atoms with van der Waals surface area (Å²) in [6, 6.07) is 14.9. The van der Waals surface area contributed by atoms with Gasteiger partial charge in [0.1, 0.15) is 23.8 Å². The predicted molar refractivity (Wildman–Crippen MR) is 158 cm³/mol. The molecule has 1 aliphatic rings. The first-order chi connectivity index (χ1) is 21.3. The largest absolute Gasteiger partial charge is 0.484 e. The number of aromatic nitrogens is 3. The second-order valence-corrected chi connectivity index (χ2v) is 10.7. The van der Waals surface area contributed by atoms with Crippen LogP contribution in [0.5, 0.6) is 5.75 Å². The molecule has 1 atom stereocenters. The summed E-state index contributed by atoms with van der Waals surface area (Å²) in [6.45, 7) is 1.02. The Balaban J connectivity index is 1.20. The second kappa shape index (κ2) is 12.6. The summed E-state index contributed by atoms with van der Waals surface area (Å²) < 4.78 is 62.1. The molecule has 1 fully saturated rings. The first-order valence-corrected chi connectivity index (χ1v) is 14.1. The SMILES string of the molecule is COC(=O)c1cc(F)c2nc(Cc3ccc(Nc4ccnc(COc5ccc(Cl)cc5F)c4)cc3F)n(C[C@@H]3CCO3)c2c1. The van der Waals surface area contributed by atoms with Crippen molar-refractivity contribution < 1.29 is 32.2 Å². The minimum atomic E-state index is -0.669. The summed E-state index contributed by atoms with van der Waals surface area (Å²) in [5.41, 5.74) is 2.54. The maximum Gasteiger partial charge on any atom is 0.338 e. The molecule has 12 heteroatoms. The number of imidazole rings is 1. The van der Waals surface area contributed by atoms with E-state index < -0.39 is 23.4 Å². The second-order valence-electron chi connectivity index (χ2n) is 10.2. The van der Waals surface area contributed by atoms with Crippen LogP contribution in [0, 0.1) is 17.5 Å². The average Bonchev–Trinajstić information content (AvgIpc) is 3.33. The lowest BCUT2D eigenvalue weighted by Crippen LogP contribution is -2.31. The lowest BCUT2D eigenvalue weighted by molar-refractivity contribution is -0.0589. The van der Waals surface area contributed by atoms with Gasteiger partial charge in [0, 0.05) is 35.6 Å². The summed E-state index contributed by atoms with van der Waals surface area (Å²) in [4.78, 5) is 20.9. The molecule has 0 bridgehead atoms. The molecule has 6 rings (SSSR count). The standard InChI is InChI=1S/C32H26ClF3N4O4/c1-42-32(41)19-10-27(36)31-28(11-19)40(16-24-7-9-43-24)30(39-31)12-18-2-4-21(15-25(18)34)38-22-6-8-37-23(14-22)17-44-29-5-3-20(33)13-26(29)35/h2-6,8,10-11,13-15,24H,7,9,12,16-17H2,1H3,(H,37,38)/t24-/m0/s1. The summed E-state index contributed by atoms with van der Waals surface area (Å²) in [5, 5.41) is 3.41. The van der Waals surface area contributed by atoms with Crippen LogP contribution in [0.3, 0.4) is 0 Å². The first-order valence-electron chi connectivity index (χ1n) is 13.7. The normalized spacial score (nSPS) is 14.3. The summed E-state index contributed by atoms with van der Waals surface area (Å²) in [7, 11) is 1.23. The molecule has 0 spiro atoms. The van der Waals surface area contributed by atoms with Crippen molar-refractivity contribution in [1.82, 2.24) is 14.5 Å². The van der Waals surface area contributed by atoms with Gasteiger partial charge in [0.15, 0.2) is 17.4 Å². The minimum absolute atomic E-state index is 0.00991.